The van der Waals surface area contributed by atoms with Gasteiger partial charge >= 0.3 is 0 Å². The van der Waals surface area contributed by atoms with Crippen LogP contribution in [0.1, 0.15) is 40.0 Å². The maximum atomic E-state index is 12.1. The third kappa shape index (κ3) is 1.20. The standard InChI is InChI=1S/C16H22O3/c1-10-11(17)8-12-14(2,3)13-9-15(10,12)4-5-16(13)18-6-7-19-16/h8,10,13H,4-7,9H2,1-3H3/t10-,13-,15+/m1/s1. The molecule has 0 unspecified atom stereocenters. The Labute approximate surface area is 114 Å². The molecule has 104 valence electrons. The first-order valence-electron chi connectivity index (χ1n) is 7.47. The van der Waals surface area contributed by atoms with Crippen LogP contribution in [0.15, 0.2) is 11.6 Å². The molecule has 0 N–H and O–H groups in total. The van der Waals surface area contributed by atoms with Crippen molar-refractivity contribution in [1.29, 1.82) is 0 Å². The zero-order valence-electron chi connectivity index (χ0n) is 12.0. The third-order valence-corrected chi connectivity index (χ3v) is 6.44. The van der Waals surface area contributed by atoms with Crippen molar-refractivity contribution in [2.24, 2.45) is 22.7 Å². The van der Waals surface area contributed by atoms with Crippen molar-refractivity contribution >= 4 is 5.78 Å². The van der Waals surface area contributed by atoms with Crippen molar-refractivity contribution < 1.29 is 14.3 Å². The number of carbonyl (C=O) groups is 1. The monoisotopic (exact) mass is 262 g/mol. The van der Waals surface area contributed by atoms with Crippen LogP contribution in [0.2, 0.25) is 0 Å². The topological polar surface area (TPSA) is 35.5 Å². The summed E-state index contributed by atoms with van der Waals surface area (Å²) in [4.78, 5) is 12.1. The molecule has 0 aromatic heterocycles. The molecular formula is C16H22O3. The maximum absolute atomic E-state index is 12.1. The number of carbonyl (C=O) groups excluding carboxylic acids is 1. The average Bonchev–Trinajstić information content (AvgIpc) is 2.97. The van der Waals surface area contributed by atoms with E-state index in [1.165, 1.54) is 5.57 Å². The molecule has 3 fully saturated rings. The normalized spacial score (nSPS) is 45.6. The second-order valence-electron chi connectivity index (χ2n) is 7.33. The van der Waals surface area contributed by atoms with Gasteiger partial charge in [-0.25, -0.2) is 0 Å². The lowest BCUT2D eigenvalue weighted by Gasteiger charge is -2.44. The number of fused-ring (bicyclic) bond motifs is 2. The van der Waals surface area contributed by atoms with Crippen molar-refractivity contribution in [2.45, 2.75) is 45.8 Å². The summed E-state index contributed by atoms with van der Waals surface area (Å²) in [5.74, 6) is 0.484. The van der Waals surface area contributed by atoms with E-state index in [-0.39, 0.29) is 22.5 Å². The van der Waals surface area contributed by atoms with Crippen LogP contribution in [-0.4, -0.2) is 24.8 Å². The second-order valence-corrected chi connectivity index (χ2v) is 7.33. The predicted octanol–water partition coefficient (Wildman–Crippen LogP) is 2.70. The molecule has 2 spiro atoms. The molecule has 0 aromatic carbocycles. The van der Waals surface area contributed by atoms with Crippen molar-refractivity contribution in [3.8, 4) is 0 Å². The van der Waals surface area contributed by atoms with Crippen LogP contribution in [0.5, 0.6) is 0 Å². The molecule has 0 radical (unpaired) electrons. The van der Waals surface area contributed by atoms with Gasteiger partial charge in [0.15, 0.2) is 11.6 Å². The van der Waals surface area contributed by atoms with Crippen molar-refractivity contribution in [2.75, 3.05) is 13.2 Å². The first kappa shape index (κ1) is 12.1. The molecular weight excluding hydrogens is 240 g/mol. The number of rotatable bonds is 0. The van der Waals surface area contributed by atoms with Gasteiger partial charge in [-0.05, 0) is 24.3 Å². The molecule has 3 nitrogen and oxygen atoms in total. The SMILES string of the molecule is C[C@@H]1C(=O)C=C2C(C)(C)[C@H]3C[C@]21CCC31OCCO1. The Morgan fingerprint density at radius 1 is 1.21 bits per heavy atom. The summed E-state index contributed by atoms with van der Waals surface area (Å²) in [5, 5.41) is 0. The van der Waals surface area contributed by atoms with Gasteiger partial charge in [0, 0.05) is 23.7 Å². The fraction of sp³-hybridized carbons (Fsp3) is 0.812. The smallest absolute Gasteiger partial charge is 0.172 e. The molecule has 2 bridgehead atoms. The second kappa shape index (κ2) is 3.32. The Bertz CT molecular complexity index is 484. The lowest BCUT2D eigenvalue weighted by Crippen LogP contribution is -2.47. The van der Waals surface area contributed by atoms with E-state index in [0.29, 0.717) is 24.9 Å². The van der Waals surface area contributed by atoms with Gasteiger partial charge in [0.05, 0.1) is 13.2 Å². The molecule has 1 saturated heterocycles. The number of hydrogen-bond donors (Lipinski definition) is 0. The van der Waals surface area contributed by atoms with Gasteiger partial charge in [-0.1, -0.05) is 26.3 Å². The number of ketones is 1. The van der Waals surface area contributed by atoms with E-state index < -0.39 is 0 Å². The molecule has 4 rings (SSSR count). The fourth-order valence-electron chi connectivity index (χ4n) is 5.38. The zero-order chi connectivity index (χ0) is 13.5. The van der Waals surface area contributed by atoms with Crippen LogP contribution in [0.3, 0.4) is 0 Å². The summed E-state index contributed by atoms with van der Waals surface area (Å²) in [5.41, 5.74) is 1.49. The van der Waals surface area contributed by atoms with Gasteiger partial charge in [-0.2, -0.15) is 0 Å². The van der Waals surface area contributed by atoms with Crippen molar-refractivity contribution in [3.63, 3.8) is 0 Å². The summed E-state index contributed by atoms with van der Waals surface area (Å²) < 4.78 is 12.1. The molecule has 3 aliphatic carbocycles. The molecule has 3 heteroatoms. The van der Waals surface area contributed by atoms with Crippen LogP contribution in [0, 0.1) is 22.7 Å². The highest BCUT2D eigenvalue weighted by Gasteiger charge is 2.69. The van der Waals surface area contributed by atoms with Gasteiger partial charge in [-0.15, -0.1) is 0 Å². The Balaban J connectivity index is 1.85. The van der Waals surface area contributed by atoms with Gasteiger partial charge in [-0.3, -0.25) is 4.79 Å². The number of ether oxygens (including phenoxy) is 2. The van der Waals surface area contributed by atoms with Crippen LogP contribution >= 0.6 is 0 Å². The largest absolute Gasteiger partial charge is 0.347 e. The fourth-order valence-corrected chi connectivity index (χ4v) is 5.38. The molecule has 3 atom stereocenters. The molecule has 1 heterocycles. The number of hydrogen-bond acceptors (Lipinski definition) is 3. The average molecular weight is 262 g/mol. The van der Waals surface area contributed by atoms with E-state index in [9.17, 15) is 4.79 Å². The van der Waals surface area contributed by atoms with Crippen LogP contribution in [0.4, 0.5) is 0 Å². The van der Waals surface area contributed by atoms with Crippen molar-refractivity contribution in [1.82, 2.24) is 0 Å². The van der Waals surface area contributed by atoms with E-state index in [4.69, 9.17) is 9.47 Å². The minimum Gasteiger partial charge on any atom is -0.347 e. The Morgan fingerprint density at radius 2 is 1.89 bits per heavy atom. The minimum atomic E-state index is -0.372. The third-order valence-electron chi connectivity index (χ3n) is 6.44. The van der Waals surface area contributed by atoms with Gasteiger partial charge < -0.3 is 9.47 Å². The molecule has 0 aromatic rings. The van der Waals surface area contributed by atoms with E-state index in [1.807, 2.05) is 6.08 Å². The molecule has 1 aliphatic heterocycles. The van der Waals surface area contributed by atoms with Crippen LogP contribution in [0.25, 0.3) is 0 Å². The number of allylic oxidation sites excluding steroid dienone is 2. The Morgan fingerprint density at radius 3 is 2.58 bits per heavy atom. The quantitative estimate of drug-likeness (QED) is 0.673. The highest BCUT2D eigenvalue weighted by Crippen LogP contribution is 2.71. The van der Waals surface area contributed by atoms with E-state index >= 15 is 0 Å². The van der Waals surface area contributed by atoms with E-state index in [2.05, 4.69) is 20.8 Å². The molecule has 2 saturated carbocycles. The zero-order valence-corrected chi connectivity index (χ0v) is 12.0. The summed E-state index contributed by atoms with van der Waals surface area (Å²) in [6.07, 6.45) is 4.97. The maximum Gasteiger partial charge on any atom is 0.172 e. The van der Waals surface area contributed by atoms with Crippen LogP contribution in [-0.2, 0) is 14.3 Å². The summed E-state index contributed by atoms with van der Waals surface area (Å²) in [6, 6.07) is 0. The lowest BCUT2D eigenvalue weighted by atomic mass is 9.66. The van der Waals surface area contributed by atoms with E-state index in [0.717, 1.165) is 19.3 Å². The van der Waals surface area contributed by atoms with Gasteiger partial charge in [0.1, 0.15) is 0 Å². The predicted molar refractivity (Wildman–Crippen MR) is 70.4 cm³/mol. The lowest BCUT2D eigenvalue weighted by molar-refractivity contribution is -0.230. The summed E-state index contributed by atoms with van der Waals surface area (Å²) in [6.45, 7) is 8.09. The first-order chi connectivity index (χ1) is 8.92. The van der Waals surface area contributed by atoms with Gasteiger partial charge in [0.25, 0.3) is 0 Å². The summed E-state index contributed by atoms with van der Waals surface area (Å²) >= 11 is 0. The van der Waals surface area contributed by atoms with Gasteiger partial charge in [0.2, 0.25) is 0 Å². The highest BCUT2D eigenvalue weighted by atomic mass is 16.7. The Hall–Kier alpha value is -0.670. The van der Waals surface area contributed by atoms with Crippen LogP contribution < -0.4 is 0 Å². The minimum absolute atomic E-state index is 0.0151. The van der Waals surface area contributed by atoms with E-state index in [1.54, 1.807) is 0 Å². The Kier molecular flexibility index (Phi) is 2.11. The molecule has 0 amide bonds. The highest BCUT2D eigenvalue weighted by molar-refractivity contribution is 5.97. The molecule has 19 heavy (non-hydrogen) atoms. The van der Waals surface area contributed by atoms with Crippen molar-refractivity contribution in [3.05, 3.63) is 11.6 Å². The molecule has 4 aliphatic rings. The first-order valence-corrected chi connectivity index (χ1v) is 7.47. The summed E-state index contributed by atoms with van der Waals surface area (Å²) in [7, 11) is 0.